The van der Waals surface area contributed by atoms with Gasteiger partial charge in [0.25, 0.3) is 11.8 Å². The van der Waals surface area contributed by atoms with Gasteiger partial charge in [-0.2, -0.15) is 8.78 Å². The summed E-state index contributed by atoms with van der Waals surface area (Å²) < 4.78 is 37.5. The van der Waals surface area contributed by atoms with Crippen LogP contribution in [0.4, 0.5) is 8.78 Å². The number of amides is 1. The van der Waals surface area contributed by atoms with Crippen LogP contribution < -0.4 is 10.5 Å². The van der Waals surface area contributed by atoms with Gasteiger partial charge < -0.3 is 24.5 Å². The van der Waals surface area contributed by atoms with Crippen molar-refractivity contribution in [3.05, 3.63) is 41.6 Å². The highest BCUT2D eigenvalue weighted by Gasteiger charge is 2.47. The van der Waals surface area contributed by atoms with E-state index in [1.165, 1.54) is 6.07 Å². The molecule has 1 aliphatic heterocycles. The van der Waals surface area contributed by atoms with Crippen molar-refractivity contribution < 1.29 is 18.3 Å². The third kappa shape index (κ3) is 3.53. The van der Waals surface area contributed by atoms with Gasteiger partial charge in [-0.3, -0.25) is 4.79 Å². The quantitative estimate of drug-likeness (QED) is 0.434. The monoisotopic (exact) mass is 508 g/mol. The number of hydrogen-bond acceptors (Lipinski definition) is 5. The number of piperidine rings is 1. The molecule has 3 atom stereocenters. The Morgan fingerprint density at radius 3 is 2.62 bits per heavy atom. The molecule has 2 bridgehead atoms. The lowest BCUT2D eigenvalue weighted by Gasteiger charge is -2.27. The Labute approximate surface area is 213 Å². The standard InChI is InChI=1S/C27H30F2N6O2/c1-5-34-19(11-14-7-9-21(27(2,28)29)32-24(14)34)25-31-17-10-16(12-20(37-4)23(17)33(25)3)26(36)35-13-15-6-8-18(35)22(15)30/h7,9-12,15,18,22H,5-6,8,13,30H2,1-4H3/t15-,18-,22-/m1/s1. The van der Waals surface area contributed by atoms with E-state index in [0.29, 0.717) is 47.3 Å². The fourth-order valence-electron chi connectivity index (χ4n) is 6.14. The number of imidazole rings is 1. The molecule has 4 heterocycles. The van der Waals surface area contributed by atoms with E-state index < -0.39 is 5.92 Å². The van der Waals surface area contributed by atoms with E-state index in [1.54, 1.807) is 25.3 Å². The number of nitrogens with zero attached hydrogens (tertiary/aromatic N) is 5. The minimum atomic E-state index is -3.04. The lowest BCUT2D eigenvalue weighted by atomic mass is 10.1. The first-order valence-corrected chi connectivity index (χ1v) is 12.6. The summed E-state index contributed by atoms with van der Waals surface area (Å²) in [6, 6.07) is 8.61. The topological polar surface area (TPSA) is 91.2 Å². The Morgan fingerprint density at radius 1 is 1.22 bits per heavy atom. The van der Waals surface area contributed by atoms with Crippen molar-refractivity contribution in [3.8, 4) is 17.3 Å². The number of benzene rings is 1. The number of fused-ring (bicyclic) bond motifs is 4. The second-order valence-corrected chi connectivity index (χ2v) is 10.3. The van der Waals surface area contributed by atoms with E-state index in [9.17, 15) is 13.6 Å². The highest BCUT2D eigenvalue weighted by molar-refractivity contribution is 6.00. The number of rotatable bonds is 5. The van der Waals surface area contributed by atoms with Gasteiger partial charge in [0, 0.05) is 50.1 Å². The number of alkyl halides is 2. The number of carbonyl (C=O) groups excluding carboxylic acids is 1. The minimum absolute atomic E-state index is 0.0359. The Hall–Kier alpha value is -3.53. The molecule has 10 heteroatoms. The first kappa shape index (κ1) is 23.8. The van der Waals surface area contributed by atoms with E-state index >= 15 is 0 Å². The molecule has 1 amide bonds. The Balaban J connectivity index is 1.47. The van der Waals surface area contributed by atoms with Crippen LogP contribution >= 0.6 is 0 Å². The predicted molar refractivity (Wildman–Crippen MR) is 137 cm³/mol. The van der Waals surface area contributed by atoms with Crippen LogP contribution in [0.15, 0.2) is 30.3 Å². The molecule has 1 aliphatic carbocycles. The van der Waals surface area contributed by atoms with Crippen molar-refractivity contribution in [2.75, 3.05) is 13.7 Å². The molecule has 37 heavy (non-hydrogen) atoms. The van der Waals surface area contributed by atoms with Gasteiger partial charge in [-0.15, -0.1) is 0 Å². The molecule has 8 nitrogen and oxygen atoms in total. The molecule has 2 N–H and O–H groups in total. The van der Waals surface area contributed by atoms with Crippen molar-refractivity contribution in [3.63, 3.8) is 0 Å². The second-order valence-electron chi connectivity index (χ2n) is 10.3. The average molecular weight is 509 g/mol. The van der Waals surface area contributed by atoms with Gasteiger partial charge in [0.05, 0.1) is 18.3 Å². The molecule has 1 aromatic carbocycles. The molecule has 0 spiro atoms. The van der Waals surface area contributed by atoms with Crippen LogP contribution in [0.1, 0.15) is 42.7 Å². The lowest BCUT2D eigenvalue weighted by Crippen LogP contribution is -2.41. The predicted octanol–water partition coefficient (Wildman–Crippen LogP) is 4.29. The van der Waals surface area contributed by atoms with Crippen LogP contribution in [0.3, 0.4) is 0 Å². The highest BCUT2D eigenvalue weighted by Crippen LogP contribution is 2.39. The molecule has 6 rings (SSSR count). The van der Waals surface area contributed by atoms with Crippen LogP contribution in [-0.2, 0) is 19.5 Å². The van der Waals surface area contributed by atoms with Gasteiger partial charge in [-0.05, 0) is 56.0 Å². The minimum Gasteiger partial charge on any atom is -0.494 e. The number of carbonyl (C=O) groups is 1. The maximum Gasteiger partial charge on any atom is 0.287 e. The first-order chi connectivity index (χ1) is 17.6. The number of pyridine rings is 1. The Bertz CT molecular complexity index is 1550. The Kier molecular flexibility index (Phi) is 5.31. The summed E-state index contributed by atoms with van der Waals surface area (Å²) in [6.45, 7) is 3.99. The highest BCUT2D eigenvalue weighted by atomic mass is 19.3. The molecule has 0 radical (unpaired) electrons. The summed E-state index contributed by atoms with van der Waals surface area (Å²) in [7, 11) is 3.45. The number of ether oxygens (including phenoxy) is 1. The molecule has 1 saturated carbocycles. The smallest absolute Gasteiger partial charge is 0.287 e. The summed E-state index contributed by atoms with van der Waals surface area (Å²) in [6.07, 6.45) is 2.01. The number of aryl methyl sites for hydroxylation is 2. The van der Waals surface area contributed by atoms with Gasteiger partial charge in [0.15, 0.2) is 5.82 Å². The zero-order chi connectivity index (χ0) is 26.2. The van der Waals surface area contributed by atoms with Crippen molar-refractivity contribution in [1.82, 2.24) is 24.0 Å². The van der Waals surface area contributed by atoms with Crippen molar-refractivity contribution in [2.24, 2.45) is 18.7 Å². The van der Waals surface area contributed by atoms with E-state index in [4.69, 9.17) is 15.5 Å². The zero-order valence-corrected chi connectivity index (χ0v) is 21.3. The van der Waals surface area contributed by atoms with Crippen molar-refractivity contribution in [1.29, 1.82) is 0 Å². The largest absolute Gasteiger partial charge is 0.494 e. The third-order valence-electron chi connectivity index (χ3n) is 8.05. The number of likely N-dealkylation sites (tertiary alicyclic amines) is 1. The van der Waals surface area contributed by atoms with Crippen LogP contribution in [0.2, 0.25) is 0 Å². The van der Waals surface area contributed by atoms with Crippen LogP contribution in [0.25, 0.3) is 33.6 Å². The van der Waals surface area contributed by atoms with E-state index in [2.05, 4.69) is 4.98 Å². The Morgan fingerprint density at radius 2 is 2.00 bits per heavy atom. The van der Waals surface area contributed by atoms with E-state index in [0.717, 1.165) is 36.4 Å². The molecule has 4 aromatic rings. The summed E-state index contributed by atoms with van der Waals surface area (Å²) >= 11 is 0. The van der Waals surface area contributed by atoms with E-state index in [-0.39, 0.29) is 23.7 Å². The summed E-state index contributed by atoms with van der Waals surface area (Å²) in [5.41, 5.74) is 9.17. The maximum absolute atomic E-state index is 14.0. The van der Waals surface area contributed by atoms with E-state index in [1.807, 2.05) is 34.1 Å². The molecule has 1 saturated heterocycles. The van der Waals surface area contributed by atoms with Gasteiger partial charge >= 0.3 is 0 Å². The van der Waals surface area contributed by atoms with Crippen molar-refractivity contribution in [2.45, 2.75) is 51.2 Å². The SMILES string of the molecule is CCn1c(-c2nc3cc(C(=O)N4C[C@H]5CC[C@@H]4[C@@H]5N)cc(OC)c3n2C)cc2ccc(C(C)(F)F)nc21. The molecule has 2 fully saturated rings. The second kappa shape index (κ2) is 8.24. The van der Waals surface area contributed by atoms with Crippen LogP contribution in [0.5, 0.6) is 5.75 Å². The zero-order valence-electron chi connectivity index (χ0n) is 21.3. The maximum atomic E-state index is 14.0. The van der Waals surface area contributed by atoms with Crippen molar-refractivity contribution >= 4 is 28.0 Å². The molecule has 2 aliphatic rings. The van der Waals surface area contributed by atoms with Gasteiger partial charge in [0.1, 0.15) is 22.6 Å². The summed E-state index contributed by atoms with van der Waals surface area (Å²) in [5.74, 6) is -1.57. The molecule has 3 aromatic heterocycles. The van der Waals surface area contributed by atoms with Crippen LogP contribution in [0, 0.1) is 5.92 Å². The number of hydrogen-bond donors (Lipinski definition) is 1. The molecular weight excluding hydrogens is 478 g/mol. The fraction of sp³-hybridized carbons (Fsp3) is 0.444. The van der Waals surface area contributed by atoms with Gasteiger partial charge in [-0.1, -0.05) is 0 Å². The number of halogens is 2. The molecule has 0 unspecified atom stereocenters. The lowest BCUT2D eigenvalue weighted by molar-refractivity contribution is 0.0130. The summed E-state index contributed by atoms with van der Waals surface area (Å²) in [4.78, 5) is 24.6. The van der Waals surface area contributed by atoms with Gasteiger partial charge in [0.2, 0.25) is 0 Å². The van der Waals surface area contributed by atoms with Crippen LogP contribution in [-0.4, -0.2) is 55.6 Å². The van der Waals surface area contributed by atoms with Gasteiger partial charge in [-0.25, -0.2) is 9.97 Å². The number of nitrogens with two attached hydrogens (primary N) is 1. The average Bonchev–Trinajstić information content (AvgIpc) is 3.61. The number of aromatic nitrogens is 4. The molecular formula is C27H30F2N6O2. The normalized spacial score (nSPS) is 21.5. The number of methoxy groups -OCH3 is 1. The summed E-state index contributed by atoms with van der Waals surface area (Å²) in [5, 5.41) is 0.750. The fourth-order valence-corrected chi connectivity index (χ4v) is 6.14. The third-order valence-corrected chi connectivity index (χ3v) is 8.05. The molecule has 194 valence electrons. The first-order valence-electron chi connectivity index (χ1n) is 12.6.